The quantitative estimate of drug-likeness (QED) is 0.871. The van der Waals surface area contributed by atoms with E-state index in [2.05, 4.69) is 0 Å². The number of benzene rings is 2. The first-order valence-corrected chi connectivity index (χ1v) is 6.45. The minimum absolute atomic E-state index is 0.241. The number of aryl methyl sites for hydroxylation is 2. The average Bonchev–Trinajstić information content (AvgIpc) is 2.42. The number of hydrogen-bond donors (Lipinski definition) is 2. The second-order valence-electron chi connectivity index (χ2n) is 4.39. The Morgan fingerprint density at radius 1 is 0.789 bits per heavy atom. The van der Waals surface area contributed by atoms with Crippen molar-refractivity contribution in [1.29, 1.82) is 0 Å². The van der Waals surface area contributed by atoms with E-state index in [1.807, 2.05) is 13.8 Å². The molecule has 100 valence electrons. The number of aromatic hydroxyl groups is 2. The van der Waals surface area contributed by atoms with Gasteiger partial charge >= 0.3 is 0 Å². The fourth-order valence-corrected chi connectivity index (χ4v) is 2.00. The van der Waals surface area contributed by atoms with Crippen LogP contribution in [-0.2, 0) is 12.8 Å². The Labute approximate surface area is 113 Å². The Morgan fingerprint density at radius 3 is 1.58 bits per heavy atom. The van der Waals surface area contributed by atoms with Gasteiger partial charge in [-0.3, -0.25) is 0 Å². The summed E-state index contributed by atoms with van der Waals surface area (Å²) in [5.41, 5.74) is 1.91. The van der Waals surface area contributed by atoms with Crippen LogP contribution in [0.1, 0.15) is 25.0 Å². The molecule has 2 aromatic carbocycles. The summed E-state index contributed by atoms with van der Waals surface area (Å²) < 4.78 is 5.91. The molecule has 0 heterocycles. The van der Waals surface area contributed by atoms with Gasteiger partial charge in [0.25, 0.3) is 0 Å². The molecule has 0 atom stereocenters. The molecule has 0 aliphatic rings. The highest BCUT2D eigenvalue weighted by Gasteiger charge is 2.08. The molecule has 0 bridgehead atoms. The minimum atomic E-state index is 0.241. The van der Waals surface area contributed by atoms with Crippen molar-refractivity contribution in [3.8, 4) is 23.0 Å². The second kappa shape index (κ2) is 5.65. The molecule has 0 fully saturated rings. The zero-order chi connectivity index (χ0) is 13.8. The number of hydrogen-bond acceptors (Lipinski definition) is 3. The molecule has 0 amide bonds. The Hall–Kier alpha value is -2.16. The minimum Gasteiger partial charge on any atom is -0.508 e. The summed E-state index contributed by atoms with van der Waals surface area (Å²) in [7, 11) is 0. The van der Waals surface area contributed by atoms with Crippen molar-refractivity contribution in [2.45, 2.75) is 26.7 Å². The molecular formula is C16H18O3. The lowest BCUT2D eigenvalue weighted by Gasteiger charge is -2.13. The molecule has 0 aliphatic carbocycles. The third-order valence-electron chi connectivity index (χ3n) is 3.07. The molecule has 0 radical (unpaired) electrons. The van der Waals surface area contributed by atoms with E-state index in [9.17, 15) is 10.2 Å². The monoisotopic (exact) mass is 258 g/mol. The number of phenols is 2. The highest BCUT2D eigenvalue weighted by atomic mass is 16.5. The molecule has 19 heavy (non-hydrogen) atoms. The summed E-state index contributed by atoms with van der Waals surface area (Å²) in [6.07, 6.45) is 1.56. The molecule has 2 aromatic rings. The van der Waals surface area contributed by atoms with Gasteiger partial charge in [-0.2, -0.15) is 0 Å². The van der Waals surface area contributed by atoms with Crippen LogP contribution in [0.25, 0.3) is 0 Å². The van der Waals surface area contributed by atoms with Crippen molar-refractivity contribution in [3.63, 3.8) is 0 Å². The molecule has 0 aromatic heterocycles. The summed E-state index contributed by atoms with van der Waals surface area (Å²) in [4.78, 5) is 0. The van der Waals surface area contributed by atoms with E-state index in [1.54, 1.807) is 36.4 Å². The van der Waals surface area contributed by atoms with Crippen LogP contribution in [0.3, 0.4) is 0 Å². The van der Waals surface area contributed by atoms with Crippen LogP contribution in [0.5, 0.6) is 23.0 Å². The molecule has 0 unspecified atom stereocenters. The van der Waals surface area contributed by atoms with E-state index in [4.69, 9.17) is 4.74 Å². The molecule has 0 aliphatic heterocycles. The standard InChI is InChI=1S/C16H18O3/c1-3-11-9-13(17)5-7-15(11)19-16-8-6-14(18)10-12(16)4-2/h5-10,17-18H,3-4H2,1-2H3. The van der Waals surface area contributed by atoms with Gasteiger partial charge in [0, 0.05) is 0 Å². The maximum absolute atomic E-state index is 9.48. The largest absolute Gasteiger partial charge is 0.508 e. The topological polar surface area (TPSA) is 49.7 Å². The number of ether oxygens (including phenoxy) is 1. The van der Waals surface area contributed by atoms with Crippen molar-refractivity contribution in [3.05, 3.63) is 47.5 Å². The van der Waals surface area contributed by atoms with E-state index in [-0.39, 0.29) is 11.5 Å². The average molecular weight is 258 g/mol. The van der Waals surface area contributed by atoms with Gasteiger partial charge in [-0.1, -0.05) is 13.8 Å². The summed E-state index contributed by atoms with van der Waals surface area (Å²) in [6, 6.07) is 10.2. The van der Waals surface area contributed by atoms with Crippen LogP contribution in [0.2, 0.25) is 0 Å². The summed E-state index contributed by atoms with van der Waals surface area (Å²) >= 11 is 0. The Kier molecular flexibility index (Phi) is 3.95. The first kappa shape index (κ1) is 13.3. The van der Waals surface area contributed by atoms with E-state index < -0.39 is 0 Å². The Bertz CT molecular complexity index is 525. The first-order chi connectivity index (χ1) is 9.13. The van der Waals surface area contributed by atoms with E-state index in [1.165, 1.54) is 0 Å². The predicted octanol–water partition coefficient (Wildman–Crippen LogP) is 4.01. The van der Waals surface area contributed by atoms with Crippen LogP contribution in [0, 0.1) is 0 Å². The fourth-order valence-electron chi connectivity index (χ4n) is 2.00. The molecule has 0 saturated heterocycles. The zero-order valence-electron chi connectivity index (χ0n) is 11.2. The molecular weight excluding hydrogens is 240 g/mol. The van der Waals surface area contributed by atoms with Crippen molar-refractivity contribution < 1.29 is 14.9 Å². The van der Waals surface area contributed by atoms with Gasteiger partial charge in [-0.15, -0.1) is 0 Å². The molecule has 0 saturated carbocycles. The summed E-state index contributed by atoms with van der Waals surface area (Å²) in [5.74, 6) is 1.96. The van der Waals surface area contributed by atoms with Gasteiger partial charge in [0.1, 0.15) is 23.0 Å². The van der Waals surface area contributed by atoms with Gasteiger partial charge in [-0.05, 0) is 60.4 Å². The summed E-state index contributed by atoms with van der Waals surface area (Å²) in [5, 5.41) is 19.0. The van der Waals surface area contributed by atoms with Crippen LogP contribution >= 0.6 is 0 Å². The van der Waals surface area contributed by atoms with Gasteiger partial charge in [0.05, 0.1) is 0 Å². The van der Waals surface area contributed by atoms with Crippen molar-refractivity contribution in [2.75, 3.05) is 0 Å². The normalized spacial score (nSPS) is 10.4. The Balaban J connectivity index is 2.36. The number of rotatable bonds is 4. The SMILES string of the molecule is CCc1cc(O)ccc1Oc1ccc(O)cc1CC. The van der Waals surface area contributed by atoms with Crippen LogP contribution in [-0.4, -0.2) is 10.2 Å². The lowest BCUT2D eigenvalue weighted by Crippen LogP contribution is -1.93. The van der Waals surface area contributed by atoms with Crippen molar-refractivity contribution in [1.82, 2.24) is 0 Å². The zero-order valence-corrected chi connectivity index (χ0v) is 11.2. The van der Waals surface area contributed by atoms with Crippen molar-refractivity contribution in [2.24, 2.45) is 0 Å². The summed E-state index contributed by atoms with van der Waals surface area (Å²) in [6.45, 7) is 4.03. The molecule has 0 spiro atoms. The fraction of sp³-hybridized carbons (Fsp3) is 0.250. The lowest BCUT2D eigenvalue weighted by atomic mass is 10.1. The predicted molar refractivity (Wildman–Crippen MR) is 75.0 cm³/mol. The molecule has 3 heteroatoms. The third kappa shape index (κ3) is 2.99. The van der Waals surface area contributed by atoms with Gasteiger partial charge in [0.15, 0.2) is 0 Å². The second-order valence-corrected chi connectivity index (χ2v) is 4.39. The van der Waals surface area contributed by atoms with E-state index in [0.717, 1.165) is 35.5 Å². The maximum atomic E-state index is 9.48. The van der Waals surface area contributed by atoms with Gasteiger partial charge in [-0.25, -0.2) is 0 Å². The smallest absolute Gasteiger partial charge is 0.130 e. The first-order valence-electron chi connectivity index (χ1n) is 6.45. The van der Waals surface area contributed by atoms with E-state index >= 15 is 0 Å². The Morgan fingerprint density at radius 2 is 1.21 bits per heavy atom. The lowest BCUT2D eigenvalue weighted by molar-refractivity contribution is 0.451. The van der Waals surface area contributed by atoms with E-state index in [0.29, 0.717) is 0 Å². The van der Waals surface area contributed by atoms with Crippen LogP contribution in [0.15, 0.2) is 36.4 Å². The number of phenolic OH excluding ortho intramolecular Hbond substituents is 2. The third-order valence-corrected chi connectivity index (χ3v) is 3.07. The van der Waals surface area contributed by atoms with Crippen LogP contribution < -0.4 is 4.74 Å². The molecule has 2 N–H and O–H groups in total. The van der Waals surface area contributed by atoms with Gasteiger partial charge < -0.3 is 14.9 Å². The molecule has 2 rings (SSSR count). The van der Waals surface area contributed by atoms with Crippen molar-refractivity contribution >= 4 is 0 Å². The highest BCUT2D eigenvalue weighted by molar-refractivity contribution is 5.46. The molecule has 3 nitrogen and oxygen atoms in total. The highest BCUT2D eigenvalue weighted by Crippen LogP contribution is 2.32. The van der Waals surface area contributed by atoms with Crippen LogP contribution in [0.4, 0.5) is 0 Å². The maximum Gasteiger partial charge on any atom is 0.130 e. The van der Waals surface area contributed by atoms with Gasteiger partial charge in [0.2, 0.25) is 0 Å².